The molecule has 13 aromatic carbocycles. The van der Waals surface area contributed by atoms with Crippen LogP contribution in [0, 0.1) is 13.8 Å². The van der Waals surface area contributed by atoms with Crippen LogP contribution in [-0.2, 0) is 5.41 Å². The summed E-state index contributed by atoms with van der Waals surface area (Å²) in [5, 5.41) is 24.1. The SMILES string of the molecule is Cc1cccc(C)c1-c1ccc2c3c(-c4ccccc4)c4cc5c(cc4c(-c4ccccc4)c3c3cccc1c23)c1cc2cc(C(C)(C)C)cc3ccc4ccc5c1c4c32. The van der Waals surface area contributed by atoms with Crippen molar-refractivity contribution >= 4 is 97.0 Å². The van der Waals surface area contributed by atoms with Crippen LogP contribution in [0.25, 0.3) is 130 Å². The molecule has 0 aliphatic heterocycles. The van der Waals surface area contributed by atoms with Crippen molar-refractivity contribution < 1.29 is 0 Å². The zero-order valence-corrected chi connectivity index (χ0v) is 34.6. The standard InChI is InChI=1S/C60H42/c1-33-14-12-15-34(2)51(33)42-26-27-45-56-41(42)20-13-21-44(56)58-53(35-16-8-6-9-17-35)50-32-47-46(31-49(50)54(59(45)58)36-18-10-7-11-19-36)43-25-24-37-22-23-38-28-40(60(3,4)5)29-39-30-48(47)57(43)55(37)52(38)39/h6-32H,1-5H3. The molecule has 60 heavy (non-hydrogen) atoms. The maximum atomic E-state index is 2.57. The van der Waals surface area contributed by atoms with Gasteiger partial charge in [-0.15, -0.1) is 0 Å². The number of aryl methyl sites for hydroxylation is 2. The summed E-state index contributed by atoms with van der Waals surface area (Å²) in [6.07, 6.45) is 0. The van der Waals surface area contributed by atoms with Gasteiger partial charge in [0, 0.05) is 0 Å². The Morgan fingerprint density at radius 3 is 1.52 bits per heavy atom. The minimum atomic E-state index is 0.0445. The first kappa shape index (κ1) is 33.9. The van der Waals surface area contributed by atoms with Crippen molar-refractivity contribution in [3.8, 4) is 33.4 Å². The maximum absolute atomic E-state index is 2.57. The summed E-state index contributed by atoms with van der Waals surface area (Å²) >= 11 is 0. The van der Waals surface area contributed by atoms with Crippen LogP contribution in [0.15, 0.2) is 164 Å². The Morgan fingerprint density at radius 1 is 0.300 bits per heavy atom. The van der Waals surface area contributed by atoms with Crippen LogP contribution < -0.4 is 0 Å². The molecule has 0 spiro atoms. The van der Waals surface area contributed by atoms with E-state index in [1.807, 2.05) is 0 Å². The summed E-state index contributed by atoms with van der Waals surface area (Å²) in [6.45, 7) is 11.5. The van der Waals surface area contributed by atoms with Gasteiger partial charge in [-0.2, -0.15) is 0 Å². The highest BCUT2D eigenvalue weighted by atomic mass is 14.3. The summed E-state index contributed by atoms with van der Waals surface area (Å²) < 4.78 is 0. The first-order valence-corrected chi connectivity index (χ1v) is 21.4. The van der Waals surface area contributed by atoms with Crippen molar-refractivity contribution in [2.75, 3.05) is 0 Å². The van der Waals surface area contributed by atoms with E-state index in [1.54, 1.807) is 0 Å². The minimum absolute atomic E-state index is 0.0445. The Kier molecular flexibility index (Phi) is 6.67. The molecule has 0 amide bonds. The Morgan fingerprint density at radius 2 is 0.850 bits per heavy atom. The van der Waals surface area contributed by atoms with Crippen molar-refractivity contribution in [3.63, 3.8) is 0 Å². The molecule has 0 bridgehead atoms. The zero-order valence-electron chi connectivity index (χ0n) is 34.6. The smallest absolute Gasteiger partial charge is 0.000740 e. The van der Waals surface area contributed by atoms with Crippen LogP contribution in [0.4, 0.5) is 0 Å². The van der Waals surface area contributed by atoms with Gasteiger partial charge in [0.1, 0.15) is 0 Å². The second-order valence-corrected chi connectivity index (χ2v) is 18.5. The molecular weight excluding hydrogens is 721 g/mol. The number of hydrogen-bond acceptors (Lipinski definition) is 0. The highest BCUT2D eigenvalue weighted by Crippen LogP contribution is 2.55. The van der Waals surface area contributed by atoms with Gasteiger partial charge in [-0.1, -0.05) is 166 Å². The first-order chi connectivity index (χ1) is 29.2. The average molecular weight is 763 g/mol. The molecular formula is C60H42. The third-order valence-corrected chi connectivity index (χ3v) is 14.0. The summed E-state index contributed by atoms with van der Waals surface area (Å²) in [4.78, 5) is 0. The fourth-order valence-electron chi connectivity index (χ4n) is 11.4. The molecule has 13 aromatic rings. The van der Waals surface area contributed by atoms with Crippen LogP contribution in [0.1, 0.15) is 37.5 Å². The van der Waals surface area contributed by atoms with E-state index in [0.29, 0.717) is 0 Å². The summed E-state index contributed by atoms with van der Waals surface area (Å²) in [5.41, 5.74) is 11.8. The predicted octanol–water partition coefficient (Wildman–Crippen LogP) is 17.3. The summed E-state index contributed by atoms with van der Waals surface area (Å²) in [5.74, 6) is 0. The van der Waals surface area contributed by atoms with Gasteiger partial charge in [-0.3, -0.25) is 0 Å². The monoisotopic (exact) mass is 762 g/mol. The average Bonchev–Trinajstić information content (AvgIpc) is 3.75. The molecule has 0 heteroatoms. The van der Waals surface area contributed by atoms with Gasteiger partial charge < -0.3 is 0 Å². The Labute approximate surface area is 349 Å². The lowest BCUT2D eigenvalue weighted by atomic mass is 9.83. The van der Waals surface area contributed by atoms with Crippen LogP contribution in [0.5, 0.6) is 0 Å². The number of rotatable bonds is 3. The zero-order chi connectivity index (χ0) is 40.2. The molecule has 0 aliphatic rings. The number of fused-ring (bicyclic) bond motifs is 7. The van der Waals surface area contributed by atoms with E-state index in [0.717, 1.165) is 0 Å². The highest BCUT2D eigenvalue weighted by Gasteiger charge is 2.27. The number of hydrogen-bond donors (Lipinski definition) is 0. The van der Waals surface area contributed by atoms with Gasteiger partial charge in [0.05, 0.1) is 0 Å². The largest absolute Gasteiger partial charge is 0.0622 e. The summed E-state index contributed by atoms with van der Waals surface area (Å²) in [7, 11) is 0. The van der Waals surface area contributed by atoms with Gasteiger partial charge in [0.25, 0.3) is 0 Å². The fourth-order valence-corrected chi connectivity index (χ4v) is 11.4. The van der Waals surface area contributed by atoms with E-state index in [-0.39, 0.29) is 5.41 Å². The van der Waals surface area contributed by atoms with Crippen molar-refractivity contribution in [2.45, 2.75) is 40.0 Å². The second kappa shape index (κ2) is 11.8. The third kappa shape index (κ3) is 4.41. The lowest BCUT2D eigenvalue weighted by Crippen LogP contribution is -2.10. The quantitative estimate of drug-likeness (QED) is 0.157. The molecule has 0 atom stereocenters. The van der Waals surface area contributed by atoms with Crippen molar-refractivity contribution in [1.82, 2.24) is 0 Å². The summed E-state index contributed by atoms with van der Waals surface area (Å²) in [6, 6.07) is 62.9. The van der Waals surface area contributed by atoms with Gasteiger partial charge >= 0.3 is 0 Å². The predicted molar refractivity (Wildman–Crippen MR) is 262 cm³/mol. The molecule has 0 unspecified atom stereocenters. The molecule has 0 nitrogen and oxygen atoms in total. The normalized spacial score (nSPS) is 12.8. The van der Waals surface area contributed by atoms with E-state index in [4.69, 9.17) is 0 Å². The van der Waals surface area contributed by atoms with Crippen LogP contribution in [-0.4, -0.2) is 0 Å². The van der Waals surface area contributed by atoms with Crippen molar-refractivity contribution in [3.05, 3.63) is 180 Å². The van der Waals surface area contributed by atoms with E-state index in [9.17, 15) is 0 Å². The molecule has 0 fully saturated rings. The van der Waals surface area contributed by atoms with E-state index in [2.05, 4.69) is 198 Å². The molecule has 0 heterocycles. The van der Waals surface area contributed by atoms with Crippen molar-refractivity contribution in [1.29, 1.82) is 0 Å². The fraction of sp³-hybridized carbons (Fsp3) is 0.100. The van der Waals surface area contributed by atoms with Crippen LogP contribution in [0.3, 0.4) is 0 Å². The molecule has 0 N–H and O–H groups in total. The first-order valence-electron chi connectivity index (χ1n) is 21.4. The van der Waals surface area contributed by atoms with E-state index in [1.165, 1.54) is 147 Å². The third-order valence-electron chi connectivity index (χ3n) is 14.0. The molecule has 0 saturated carbocycles. The lowest BCUT2D eigenvalue weighted by molar-refractivity contribution is 0.591. The second-order valence-electron chi connectivity index (χ2n) is 18.5. The molecule has 13 rings (SSSR count). The van der Waals surface area contributed by atoms with Gasteiger partial charge in [0.15, 0.2) is 0 Å². The highest BCUT2D eigenvalue weighted by molar-refractivity contribution is 6.44. The Balaban J connectivity index is 1.27. The Hall–Kier alpha value is -7.02. The van der Waals surface area contributed by atoms with Crippen LogP contribution >= 0.6 is 0 Å². The molecule has 0 aromatic heterocycles. The van der Waals surface area contributed by atoms with E-state index < -0.39 is 0 Å². The lowest BCUT2D eigenvalue weighted by Gasteiger charge is -2.21. The molecule has 0 aliphatic carbocycles. The van der Waals surface area contributed by atoms with E-state index >= 15 is 0 Å². The molecule has 0 saturated heterocycles. The Bertz CT molecular complexity index is 3880. The topological polar surface area (TPSA) is 0 Å². The van der Waals surface area contributed by atoms with Gasteiger partial charge in [-0.25, -0.2) is 0 Å². The maximum Gasteiger partial charge on any atom is -0.000740 e. The van der Waals surface area contributed by atoms with Gasteiger partial charge in [-0.05, 0) is 184 Å². The molecule has 282 valence electrons. The van der Waals surface area contributed by atoms with Crippen LogP contribution in [0.2, 0.25) is 0 Å². The van der Waals surface area contributed by atoms with Gasteiger partial charge in [0.2, 0.25) is 0 Å². The number of benzene rings is 11. The molecule has 0 radical (unpaired) electrons. The van der Waals surface area contributed by atoms with Crippen molar-refractivity contribution in [2.24, 2.45) is 0 Å². The minimum Gasteiger partial charge on any atom is -0.0622 e.